The third-order valence-corrected chi connectivity index (χ3v) is 3.97. The van der Waals surface area contributed by atoms with Crippen LogP contribution >= 0.6 is 0 Å². The third-order valence-electron chi connectivity index (χ3n) is 2.79. The van der Waals surface area contributed by atoms with Gasteiger partial charge in [0.25, 0.3) is 0 Å². The average molecular weight is 270 g/mol. The van der Waals surface area contributed by atoms with Crippen LogP contribution in [0.4, 0.5) is 5.69 Å². The summed E-state index contributed by atoms with van der Waals surface area (Å²) >= 11 is 0. The SMILES string of the molecule is CC(C)c1ccccc1N(CCCN)S(C)(=O)=O. The number of nitrogens with two attached hydrogens (primary N) is 1. The standard InChI is InChI=1S/C13H22N2O2S/c1-11(2)12-7-4-5-8-13(12)15(10-6-9-14)18(3,16)17/h4-5,7-8,11H,6,9-10,14H2,1-3H3. The first kappa shape index (κ1) is 15.0. The minimum absolute atomic E-state index is 0.281. The first-order chi connectivity index (χ1) is 8.38. The highest BCUT2D eigenvalue weighted by molar-refractivity contribution is 7.92. The van der Waals surface area contributed by atoms with E-state index in [4.69, 9.17) is 5.73 Å². The topological polar surface area (TPSA) is 63.4 Å². The van der Waals surface area contributed by atoms with Crippen molar-refractivity contribution in [2.45, 2.75) is 26.2 Å². The highest BCUT2D eigenvalue weighted by Crippen LogP contribution is 2.28. The van der Waals surface area contributed by atoms with E-state index in [-0.39, 0.29) is 5.92 Å². The monoisotopic (exact) mass is 270 g/mol. The van der Waals surface area contributed by atoms with E-state index in [0.29, 0.717) is 19.5 Å². The van der Waals surface area contributed by atoms with Crippen LogP contribution in [-0.4, -0.2) is 27.8 Å². The van der Waals surface area contributed by atoms with E-state index in [1.54, 1.807) is 0 Å². The van der Waals surface area contributed by atoms with E-state index < -0.39 is 10.0 Å². The van der Waals surface area contributed by atoms with Gasteiger partial charge in [-0.25, -0.2) is 8.42 Å². The zero-order valence-electron chi connectivity index (χ0n) is 11.3. The Hall–Kier alpha value is -1.07. The normalized spacial score (nSPS) is 11.8. The highest BCUT2D eigenvalue weighted by Gasteiger charge is 2.20. The van der Waals surface area contributed by atoms with Gasteiger partial charge in [0.2, 0.25) is 10.0 Å². The van der Waals surface area contributed by atoms with Crippen LogP contribution in [0.1, 0.15) is 31.7 Å². The number of anilines is 1. The van der Waals surface area contributed by atoms with Gasteiger partial charge < -0.3 is 5.73 Å². The molecule has 0 fully saturated rings. The lowest BCUT2D eigenvalue weighted by Crippen LogP contribution is -2.32. The van der Waals surface area contributed by atoms with E-state index >= 15 is 0 Å². The quantitative estimate of drug-likeness (QED) is 0.859. The van der Waals surface area contributed by atoms with Crippen molar-refractivity contribution >= 4 is 15.7 Å². The predicted molar refractivity (Wildman–Crippen MR) is 76.4 cm³/mol. The molecule has 2 N–H and O–H groups in total. The van der Waals surface area contributed by atoms with Crippen molar-refractivity contribution in [2.24, 2.45) is 5.73 Å². The first-order valence-electron chi connectivity index (χ1n) is 6.14. The molecule has 102 valence electrons. The van der Waals surface area contributed by atoms with Gasteiger partial charge in [0.05, 0.1) is 11.9 Å². The molecule has 0 saturated carbocycles. The van der Waals surface area contributed by atoms with E-state index in [9.17, 15) is 8.42 Å². The van der Waals surface area contributed by atoms with Crippen molar-refractivity contribution in [3.8, 4) is 0 Å². The Balaban J connectivity index is 3.21. The summed E-state index contributed by atoms with van der Waals surface area (Å²) in [5.41, 5.74) is 7.28. The molecule has 1 rings (SSSR count). The van der Waals surface area contributed by atoms with Crippen LogP contribution in [0.25, 0.3) is 0 Å². The first-order valence-corrected chi connectivity index (χ1v) is 7.99. The lowest BCUT2D eigenvalue weighted by Gasteiger charge is -2.26. The molecule has 0 saturated heterocycles. The molecule has 1 aromatic carbocycles. The Labute approximate surface area is 110 Å². The summed E-state index contributed by atoms with van der Waals surface area (Å²) in [4.78, 5) is 0. The van der Waals surface area contributed by atoms with Crippen molar-refractivity contribution in [3.63, 3.8) is 0 Å². The van der Waals surface area contributed by atoms with Gasteiger partial charge >= 0.3 is 0 Å². The fourth-order valence-electron chi connectivity index (χ4n) is 1.90. The summed E-state index contributed by atoms with van der Waals surface area (Å²) in [6.45, 7) is 5.03. The fourth-order valence-corrected chi connectivity index (χ4v) is 2.89. The Bertz CT molecular complexity index is 484. The zero-order chi connectivity index (χ0) is 13.8. The molecule has 0 heterocycles. The summed E-state index contributed by atoms with van der Waals surface area (Å²) in [5.74, 6) is 0.281. The summed E-state index contributed by atoms with van der Waals surface area (Å²) < 4.78 is 25.2. The van der Waals surface area contributed by atoms with E-state index in [1.165, 1.54) is 10.6 Å². The predicted octanol–water partition coefficient (Wildman–Crippen LogP) is 1.92. The molecule has 0 radical (unpaired) electrons. The molecule has 0 aromatic heterocycles. The molecule has 0 amide bonds. The highest BCUT2D eigenvalue weighted by atomic mass is 32.2. The number of sulfonamides is 1. The van der Waals surface area contributed by atoms with Crippen molar-refractivity contribution in [3.05, 3.63) is 29.8 Å². The molecule has 5 heteroatoms. The number of para-hydroxylation sites is 1. The van der Waals surface area contributed by atoms with Crippen molar-refractivity contribution in [1.82, 2.24) is 0 Å². The molecule has 0 aliphatic carbocycles. The number of nitrogens with zero attached hydrogens (tertiary/aromatic N) is 1. The van der Waals surface area contributed by atoms with Gasteiger partial charge in [-0.05, 0) is 30.5 Å². The number of hydrogen-bond donors (Lipinski definition) is 1. The van der Waals surface area contributed by atoms with E-state index in [1.807, 2.05) is 24.3 Å². The maximum Gasteiger partial charge on any atom is 0.232 e. The van der Waals surface area contributed by atoms with Crippen molar-refractivity contribution in [1.29, 1.82) is 0 Å². The Morgan fingerprint density at radius 3 is 2.39 bits per heavy atom. The second-order valence-corrected chi connectivity index (χ2v) is 6.60. The fraction of sp³-hybridized carbons (Fsp3) is 0.538. The lowest BCUT2D eigenvalue weighted by molar-refractivity contribution is 0.595. The summed E-state index contributed by atoms with van der Waals surface area (Å²) in [6.07, 6.45) is 1.89. The van der Waals surface area contributed by atoms with Crippen LogP contribution in [0, 0.1) is 0 Å². The van der Waals surface area contributed by atoms with Gasteiger partial charge in [0, 0.05) is 6.54 Å². The van der Waals surface area contributed by atoms with E-state index in [2.05, 4.69) is 13.8 Å². The Morgan fingerprint density at radius 1 is 1.28 bits per heavy atom. The van der Waals surface area contributed by atoms with Crippen LogP contribution < -0.4 is 10.0 Å². The van der Waals surface area contributed by atoms with Gasteiger partial charge in [-0.2, -0.15) is 0 Å². The molecule has 18 heavy (non-hydrogen) atoms. The number of rotatable bonds is 6. The van der Waals surface area contributed by atoms with Crippen LogP contribution in [0.3, 0.4) is 0 Å². The van der Waals surface area contributed by atoms with Gasteiger partial charge in [-0.3, -0.25) is 4.31 Å². The summed E-state index contributed by atoms with van der Waals surface area (Å²) in [7, 11) is -3.27. The molecule has 1 aromatic rings. The minimum Gasteiger partial charge on any atom is -0.330 e. The van der Waals surface area contributed by atoms with Crippen molar-refractivity contribution in [2.75, 3.05) is 23.7 Å². The van der Waals surface area contributed by atoms with Crippen LogP contribution in [0.15, 0.2) is 24.3 Å². The minimum atomic E-state index is -3.27. The van der Waals surface area contributed by atoms with Gasteiger partial charge in [0.15, 0.2) is 0 Å². The lowest BCUT2D eigenvalue weighted by atomic mass is 10.0. The second kappa shape index (κ2) is 6.20. The molecule has 0 aliphatic rings. The van der Waals surface area contributed by atoms with Gasteiger partial charge in [-0.15, -0.1) is 0 Å². The smallest absolute Gasteiger partial charge is 0.232 e. The van der Waals surface area contributed by atoms with Gasteiger partial charge in [-0.1, -0.05) is 32.0 Å². The largest absolute Gasteiger partial charge is 0.330 e. The number of benzene rings is 1. The van der Waals surface area contributed by atoms with Crippen molar-refractivity contribution < 1.29 is 8.42 Å². The van der Waals surface area contributed by atoms with Crippen LogP contribution in [0.2, 0.25) is 0 Å². The Morgan fingerprint density at radius 2 is 1.89 bits per heavy atom. The average Bonchev–Trinajstić information content (AvgIpc) is 2.28. The molecular formula is C13H22N2O2S. The maximum absolute atomic E-state index is 11.9. The van der Waals surface area contributed by atoms with E-state index in [0.717, 1.165) is 11.3 Å². The molecule has 0 bridgehead atoms. The van der Waals surface area contributed by atoms with Crippen LogP contribution in [0.5, 0.6) is 0 Å². The summed E-state index contributed by atoms with van der Waals surface area (Å²) in [5, 5.41) is 0. The molecular weight excluding hydrogens is 248 g/mol. The Kier molecular flexibility index (Phi) is 5.16. The van der Waals surface area contributed by atoms with Gasteiger partial charge in [0.1, 0.15) is 0 Å². The zero-order valence-corrected chi connectivity index (χ0v) is 12.1. The molecule has 4 nitrogen and oxygen atoms in total. The summed E-state index contributed by atoms with van der Waals surface area (Å²) in [6, 6.07) is 7.62. The van der Waals surface area contributed by atoms with Crippen LogP contribution in [-0.2, 0) is 10.0 Å². The second-order valence-electron chi connectivity index (χ2n) is 4.69. The third kappa shape index (κ3) is 3.71. The molecule has 0 aliphatic heterocycles. The maximum atomic E-state index is 11.9. The number of hydrogen-bond acceptors (Lipinski definition) is 3. The molecule has 0 unspecified atom stereocenters. The molecule has 0 atom stereocenters. The molecule has 0 spiro atoms.